The van der Waals surface area contributed by atoms with Gasteiger partial charge in [0.2, 0.25) is 0 Å². The summed E-state index contributed by atoms with van der Waals surface area (Å²) >= 11 is 0. The van der Waals surface area contributed by atoms with E-state index in [1.165, 1.54) is 20.8 Å². The maximum Gasteiger partial charge on any atom is 0.313 e. The molecule has 0 aliphatic heterocycles. The smallest absolute Gasteiger partial charge is 0.313 e. The summed E-state index contributed by atoms with van der Waals surface area (Å²) < 4.78 is 20.5. The number of hydrogen-bond acceptors (Lipinski definition) is 13. The van der Waals surface area contributed by atoms with Crippen molar-refractivity contribution in [2.75, 3.05) is 52.9 Å². The lowest BCUT2D eigenvalue weighted by Gasteiger charge is -2.33. The molecule has 0 aliphatic carbocycles. The Labute approximate surface area is 202 Å². The average molecular weight is 507 g/mol. The van der Waals surface area contributed by atoms with Gasteiger partial charge in [-0.3, -0.25) is 28.8 Å². The summed E-state index contributed by atoms with van der Waals surface area (Å²) in [5.41, 5.74) is -2.98. The number of rotatable bonds is 19. The van der Waals surface area contributed by atoms with E-state index in [1.54, 1.807) is 0 Å². The number of hydrogen-bond donors (Lipinski definition) is 3. The molecular weight excluding hydrogens is 472 g/mol. The Hall–Kier alpha value is -2.74. The normalized spacial score (nSPS) is 11.5. The van der Waals surface area contributed by atoms with E-state index in [0.717, 1.165) is 0 Å². The first-order valence-corrected chi connectivity index (χ1v) is 10.7. The van der Waals surface area contributed by atoms with Crippen molar-refractivity contribution in [1.82, 2.24) is 0 Å². The van der Waals surface area contributed by atoms with Crippen LogP contribution in [0.4, 0.5) is 0 Å². The third kappa shape index (κ3) is 13.7. The van der Waals surface area contributed by atoms with Crippen LogP contribution in [-0.4, -0.2) is 103 Å². The summed E-state index contributed by atoms with van der Waals surface area (Å²) in [6.07, 6.45) is -1.52. The molecule has 0 aromatic carbocycles. The molecule has 35 heavy (non-hydrogen) atoms. The molecule has 0 heterocycles. The standard InChI is InChI=1S/C22H34O13/c1-15(26)4-18(29)33-12-21(7-23,8-24)10-32-11-22(9-25,13-34-19(30)5-16(2)27)14-35-20(31)6-17(3)28/h23-25H,4-14H2,1-3H3. The van der Waals surface area contributed by atoms with Crippen LogP contribution in [0.1, 0.15) is 40.0 Å². The van der Waals surface area contributed by atoms with Gasteiger partial charge >= 0.3 is 17.9 Å². The third-order valence-corrected chi connectivity index (χ3v) is 4.62. The highest BCUT2D eigenvalue weighted by atomic mass is 16.6. The van der Waals surface area contributed by atoms with Crippen LogP contribution in [0, 0.1) is 10.8 Å². The Morgan fingerprint density at radius 3 is 1.09 bits per heavy atom. The van der Waals surface area contributed by atoms with Crippen LogP contribution in [0.3, 0.4) is 0 Å². The quantitative estimate of drug-likeness (QED) is 0.104. The predicted molar refractivity (Wildman–Crippen MR) is 116 cm³/mol. The Balaban J connectivity index is 5.34. The zero-order chi connectivity index (χ0) is 27.1. The highest BCUT2D eigenvalue weighted by Gasteiger charge is 2.37. The molecule has 0 aliphatic rings. The second-order valence-corrected chi connectivity index (χ2v) is 8.59. The van der Waals surface area contributed by atoms with Gasteiger partial charge in [0.25, 0.3) is 0 Å². The fourth-order valence-corrected chi connectivity index (χ4v) is 2.48. The zero-order valence-corrected chi connectivity index (χ0v) is 20.2. The molecule has 0 unspecified atom stereocenters. The third-order valence-electron chi connectivity index (χ3n) is 4.62. The molecular formula is C22H34O13. The van der Waals surface area contributed by atoms with E-state index in [2.05, 4.69) is 0 Å². The minimum Gasteiger partial charge on any atom is -0.464 e. The second kappa shape index (κ2) is 16.0. The van der Waals surface area contributed by atoms with Crippen LogP contribution in [0.25, 0.3) is 0 Å². The SMILES string of the molecule is CC(=O)CC(=O)OCC(CO)(CO)COCC(CO)(COC(=O)CC(C)=O)COC(=O)CC(C)=O. The summed E-state index contributed by atoms with van der Waals surface area (Å²) in [6, 6.07) is 0. The van der Waals surface area contributed by atoms with Crippen LogP contribution in [-0.2, 0) is 47.7 Å². The van der Waals surface area contributed by atoms with Gasteiger partial charge in [0, 0.05) is 0 Å². The maximum atomic E-state index is 11.8. The van der Waals surface area contributed by atoms with Crippen molar-refractivity contribution in [3.8, 4) is 0 Å². The molecule has 0 radical (unpaired) electrons. The largest absolute Gasteiger partial charge is 0.464 e. The maximum absolute atomic E-state index is 11.8. The van der Waals surface area contributed by atoms with Crippen molar-refractivity contribution in [2.45, 2.75) is 40.0 Å². The fourth-order valence-electron chi connectivity index (χ4n) is 2.48. The topological polar surface area (TPSA) is 200 Å². The second-order valence-electron chi connectivity index (χ2n) is 8.59. The van der Waals surface area contributed by atoms with Gasteiger partial charge in [0.05, 0.1) is 43.9 Å². The number of Topliss-reactive ketones (excluding diaryl/α,β-unsaturated/α-hetero) is 3. The lowest BCUT2D eigenvalue weighted by Crippen LogP contribution is -2.45. The van der Waals surface area contributed by atoms with Crippen LogP contribution in [0.5, 0.6) is 0 Å². The van der Waals surface area contributed by atoms with E-state index in [0.29, 0.717) is 0 Å². The Kier molecular flexibility index (Phi) is 14.8. The van der Waals surface area contributed by atoms with Gasteiger partial charge < -0.3 is 34.3 Å². The number of carbonyl (C=O) groups excluding carboxylic acids is 6. The van der Waals surface area contributed by atoms with Gasteiger partial charge in [0.15, 0.2) is 0 Å². The van der Waals surface area contributed by atoms with Crippen molar-refractivity contribution < 1.29 is 63.0 Å². The van der Waals surface area contributed by atoms with Crippen LogP contribution < -0.4 is 0 Å². The molecule has 0 amide bonds. The van der Waals surface area contributed by atoms with E-state index in [1.807, 2.05) is 0 Å². The molecule has 0 aromatic rings. The lowest BCUT2D eigenvalue weighted by atomic mass is 9.90. The Morgan fingerprint density at radius 2 is 0.800 bits per heavy atom. The molecule has 0 fully saturated rings. The first kappa shape index (κ1) is 32.3. The van der Waals surface area contributed by atoms with E-state index in [9.17, 15) is 44.1 Å². The van der Waals surface area contributed by atoms with Crippen LogP contribution in [0.15, 0.2) is 0 Å². The highest BCUT2D eigenvalue weighted by Crippen LogP contribution is 2.23. The molecule has 13 heteroatoms. The monoisotopic (exact) mass is 506 g/mol. The van der Waals surface area contributed by atoms with E-state index in [-0.39, 0.29) is 0 Å². The average Bonchev–Trinajstić information content (AvgIpc) is 2.76. The fraction of sp³-hybridized carbons (Fsp3) is 0.727. The van der Waals surface area contributed by atoms with Crippen molar-refractivity contribution in [3.63, 3.8) is 0 Å². The molecule has 0 spiro atoms. The summed E-state index contributed by atoms with van der Waals surface area (Å²) in [5.74, 6) is -3.97. The first-order valence-electron chi connectivity index (χ1n) is 10.7. The molecule has 0 rings (SSSR count). The number of carbonyl (C=O) groups is 6. The van der Waals surface area contributed by atoms with Gasteiger partial charge in [0.1, 0.15) is 56.4 Å². The van der Waals surface area contributed by atoms with Gasteiger partial charge in [-0.2, -0.15) is 0 Å². The minimum atomic E-state index is -1.51. The number of ketones is 3. The zero-order valence-electron chi connectivity index (χ0n) is 20.2. The Morgan fingerprint density at radius 1 is 0.514 bits per heavy atom. The van der Waals surface area contributed by atoms with Crippen LogP contribution >= 0.6 is 0 Å². The molecule has 3 N–H and O–H groups in total. The van der Waals surface area contributed by atoms with Crippen molar-refractivity contribution >= 4 is 35.3 Å². The van der Waals surface area contributed by atoms with E-state index >= 15 is 0 Å². The summed E-state index contributed by atoms with van der Waals surface area (Å²) in [5, 5.41) is 29.4. The summed E-state index contributed by atoms with van der Waals surface area (Å²) in [6.45, 7) is -0.884. The van der Waals surface area contributed by atoms with E-state index < -0.39 is 118 Å². The van der Waals surface area contributed by atoms with Gasteiger partial charge in [-0.25, -0.2) is 0 Å². The minimum absolute atomic E-state index is 0.405. The Bertz CT molecular complexity index is 722. The number of aliphatic hydroxyl groups excluding tert-OH is 3. The molecule has 13 nitrogen and oxygen atoms in total. The van der Waals surface area contributed by atoms with Crippen molar-refractivity contribution in [3.05, 3.63) is 0 Å². The predicted octanol–water partition coefficient (Wildman–Crippen LogP) is -1.48. The van der Waals surface area contributed by atoms with Gasteiger partial charge in [-0.05, 0) is 20.8 Å². The van der Waals surface area contributed by atoms with Crippen molar-refractivity contribution in [1.29, 1.82) is 0 Å². The van der Waals surface area contributed by atoms with Crippen LogP contribution in [0.2, 0.25) is 0 Å². The van der Waals surface area contributed by atoms with Crippen molar-refractivity contribution in [2.24, 2.45) is 10.8 Å². The molecule has 200 valence electrons. The summed E-state index contributed by atoms with van der Waals surface area (Å²) in [7, 11) is 0. The molecule has 0 atom stereocenters. The van der Waals surface area contributed by atoms with Gasteiger partial charge in [-0.15, -0.1) is 0 Å². The molecule has 0 saturated carbocycles. The number of ether oxygens (including phenoxy) is 4. The lowest BCUT2D eigenvalue weighted by molar-refractivity contribution is -0.164. The molecule has 0 saturated heterocycles. The molecule has 0 bridgehead atoms. The highest BCUT2D eigenvalue weighted by molar-refractivity contribution is 5.95. The van der Waals surface area contributed by atoms with Gasteiger partial charge in [-0.1, -0.05) is 0 Å². The van der Waals surface area contributed by atoms with E-state index in [4.69, 9.17) is 18.9 Å². The number of aliphatic hydroxyl groups is 3. The number of esters is 3. The molecule has 0 aromatic heterocycles. The summed E-state index contributed by atoms with van der Waals surface area (Å²) in [4.78, 5) is 68.4. The first-order chi connectivity index (χ1) is 16.3.